The lowest BCUT2D eigenvalue weighted by Gasteiger charge is -2.37. The maximum absolute atomic E-state index is 13.1. The molecule has 1 N–H and O–H groups in total. The first-order valence-corrected chi connectivity index (χ1v) is 13.4. The zero-order valence-electron chi connectivity index (χ0n) is 20.9. The van der Waals surface area contributed by atoms with Crippen LogP contribution >= 0.6 is 0 Å². The van der Waals surface area contributed by atoms with Crippen LogP contribution in [0, 0.1) is 0 Å². The first-order chi connectivity index (χ1) is 17.8. The molecule has 1 aromatic heterocycles. The summed E-state index contributed by atoms with van der Waals surface area (Å²) in [6, 6.07) is 15.1. The fourth-order valence-corrected chi connectivity index (χ4v) is 5.50. The number of methoxy groups -OCH3 is 1. The molecule has 1 saturated heterocycles. The Bertz CT molecular complexity index is 1450. The van der Waals surface area contributed by atoms with Crippen LogP contribution in [0.1, 0.15) is 17.3 Å². The summed E-state index contributed by atoms with van der Waals surface area (Å²) in [6.07, 6.45) is 6.95. The molecule has 1 amide bonds. The molecule has 1 aliphatic rings. The van der Waals surface area contributed by atoms with Crippen molar-refractivity contribution in [1.82, 2.24) is 14.8 Å². The number of carbonyl (C=O) groups is 1. The fourth-order valence-electron chi connectivity index (χ4n) is 4.26. The predicted octanol–water partition coefficient (Wildman–Crippen LogP) is 4.41. The Morgan fingerprint density at radius 1 is 1.03 bits per heavy atom. The molecule has 9 heteroatoms. The summed E-state index contributed by atoms with van der Waals surface area (Å²) >= 11 is 0. The molecule has 2 heterocycles. The lowest BCUT2D eigenvalue weighted by molar-refractivity contribution is 0.0665. The lowest BCUT2D eigenvalue weighted by Crippen LogP contribution is -2.48. The molecule has 1 fully saturated rings. The summed E-state index contributed by atoms with van der Waals surface area (Å²) in [4.78, 5) is 21.4. The van der Waals surface area contributed by atoms with Crippen LogP contribution in [0.2, 0.25) is 0 Å². The van der Waals surface area contributed by atoms with Crippen molar-refractivity contribution >= 4 is 32.5 Å². The first kappa shape index (κ1) is 26.0. The van der Waals surface area contributed by atoms with Gasteiger partial charge in [0.1, 0.15) is 10.7 Å². The van der Waals surface area contributed by atoms with Crippen LogP contribution in [-0.2, 0) is 14.8 Å². The van der Waals surface area contributed by atoms with Crippen molar-refractivity contribution < 1.29 is 17.9 Å². The van der Waals surface area contributed by atoms with Crippen molar-refractivity contribution in [3.8, 4) is 0 Å². The number of hydrogen-bond donors (Lipinski definition) is 1. The van der Waals surface area contributed by atoms with E-state index >= 15 is 0 Å². The molecule has 0 radical (unpaired) electrons. The molecule has 4 rings (SSSR count). The van der Waals surface area contributed by atoms with E-state index in [2.05, 4.69) is 21.2 Å². The summed E-state index contributed by atoms with van der Waals surface area (Å²) in [5.74, 6) is 0.671. The van der Waals surface area contributed by atoms with Gasteiger partial charge < -0.3 is 14.5 Å². The molecule has 1 aliphatic heterocycles. The Balaban J connectivity index is 1.42. The highest BCUT2D eigenvalue weighted by Crippen LogP contribution is 2.24. The number of piperazine rings is 1. The largest absolute Gasteiger partial charge is 0.495 e. The Kier molecular flexibility index (Phi) is 7.93. The SMILES string of the molecule is C=C/C=C\C(OC)=C(/C)N1CCN(C(=O)c2ccc(NS(=O)(=O)c3cccc4cccnc34)cc2)CC1. The monoisotopic (exact) mass is 518 g/mol. The fraction of sp³-hybridized carbons (Fsp3) is 0.214. The second-order valence-electron chi connectivity index (χ2n) is 8.54. The normalized spacial score (nSPS) is 15.0. The number of rotatable bonds is 8. The number of aromatic nitrogens is 1. The van der Waals surface area contributed by atoms with Gasteiger partial charge in [-0.2, -0.15) is 0 Å². The maximum Gasteiger partial charge on any atom is 0.264 e. The van der Waals surface area contributed by atoms with Crippen LogP contribution in [0.5, 0.6) is 0 Å². The number of benzene rings is 2. The van der Waals surface area contributed by atoms with Gasteiger partial charge in [-0.15, -0.1) is 0 Å². The Hall–Kier alpha value is -4.11. The van der Waals surface area contributed by atoms with Crippen LogP contribution in [0.15, 0.2) is 102 Å². The molecule has 2 aromatic carbocycles. The molecular formula is C28H30N4O4S. The summed E-state index contributed by atoms with van der Waals surface area (Å²) in [7, 11) is -2.23. The lowest BCUT2D eigenvalue weighted by atomic mass is 10.1. The van der Waals surface area contributed by atoms with Gasteiger partial charge in [-0.1, -0.05) is 36.9 Å². The van der Waals surface area contributed by atoms with Gasteiger partial charge in [0.05, 0.1) is 18.3 Å². The van der Waals surface area contributed by atoms with E-state index < -0.39 is 10.0 Å². The number of carbonyl (C=O) groups excluding carboxylic acids is 1. The number of amides is 1. The van der Waals surface area contributed by atoms with E-state index in [1.165, 1.54) is 6.07 Å². The van der Waals surface area contributed by atoms with Crippen LogP contribution in [-0.4, -0.2) is 62.4 Å². The third-order valence-corrected chi connectivity index (χ3v) is 7.68. The third-order valence-electron chi connectivity index (χ3n) is 6.27. The van der Waals surface area contributed by atoms with Gasteiger partial charge >= 0.3 is 0 Å². The number of hydrogen-bond acceptors (Lipinski definition) is 6. The first-order valence-electron chi connectivity index (χ1n) is 11.9. The summed E-state index contributed by atoms with van der Waals surface area (Å²) < 4.78 is 34.2. The van der Waals surface area contributed by atoms with Gasteiger partial charge in [0.25, 0.3) is 15.9 Å². The highest BCUT2D eigenvalue weighted by atomic mass is 32.2. The molecule has 192 valence electrons. The van der Waals surface area contributed by atoms with E-state index in [4.69, 9.17) is 4.74 Å². The number of pyridine rings is 1. The number of para-hydroxylation sites is 1. The Morgan fingerprint density at radius 3 is 2.38 bits per heavy atom. The van der Waals surface area contributed by atoms with Gasteiger partial charge in [-0.05, 0) is 49.4 Å². The van der Waals surface area contributed by atoms with Crippen molar-refractivity contribution in [3.05, 3.63) is 103 Å². The molecule has 3 aromatic rings. The van der Waals surface area contributed by atoms with E-state index in [1.807, 2.05) is 31.2 Å². The van der Waals surface area contributed by atoms with E-state index in [1.54, 1.807) is 60.7 Å². The number of anilines is 1. The summed E-state index contributed by atoms with van der Waals surface area (Å²) in [5, 5.41) is 0.740. The minimum absolute atomic E-state index is 0.0903. The quantitative estimate of drug-likeness (QED) is 0.351. The molecular weight excluding hydrogens is 488 g/mol. The number of allylic oxidation sites excluding steroid dienone is 4. The standard InChI is InChI=1S/C28H30N4O4S/c1-4-5-10-25(36-3)21(2)31-17-19-32(20-18-31)28(33)23-12-14-24(15-13-23)30-37(34,35)26-11-6-8-22-9-7-16-29-27(22)26/h4-16,30H,1,17-20H2,2-3H3/b10-5-,25-21-. The zero-order valence-corrected chi connectivity index (χ0v) is 21.7. The second kappa shape index (κ2) is 11.3. The molecule has 0 aliphatic carbocycles. The molecule has 0 saturated carbocycles. The van der Waals surface area contributed by atoms with Crippen molar-refractivity contribution in [1.29, 1.82) is 0 Å². The number of nitrogens with zero attached hydrogens (tertiary/aromatic N) is 3. The van der Waals surface area contributed by atoms with Crippen molar-refractivity contribution in [2.45, 2.75) is 11.8 Å². The predicted molar refractivity (Wildman–Crippen MR) is 146 cm³/mol. The van der Waals surface area contributed by atoms with Crippen LogP contribution in [0.4, 0.5) is 5.69 Å². The average molecular weight is 519 g/mol. The smallest absolute Gasteiger partial charge is 0.264 e. The number of nitrogens with one attached hydrogen (secondary N) is 1. The van der Waals surface area contributed by atoms with Gasteiger partial charge in [-0.25, -0.2) is 8.42 Å². The molecule has 0 bridgehead atoms. The van der Waals surface area contributed by atoms with Gasteiger partial charge in [-0.3, -0.25) is 14.5 Å². The molecule has 0 spiro atoms. The maximum atomic E-state index is 13.1. The Labute approximate surface area is 217 Å². The average Bonchev–Trinajstić information content (AvgIpc) is 2.93. The molecule has 37 heavy (non-hydrogen) atoms. The van der Waals surface area contributed by atoms with Gasteiger partial charge in [0, 0.05) is 49.0 Å². The van der Waals surface area contributed by atoms with E-state index in [0.29, 0.717) is 42.9 Å². The second-order valence-corrected chi connectivity index (χ2v) is 10.2. The molecule has 0 unspecified atom stereocenters. The minimum atomic E-state index is -3.86. The van der Waals surface area contributed by atoms with Crippen molar-refractivity contribution in [3.63, 3.8) is 0 Å². The number of ether oxygens (including phenoxy) is 1. The van der Waals surface area contributed by atoms with Crippen LogP contribution in [0.25, 0.3) is 10.9 Å². The van der Waals surface area contributed by atoms with Crippen molar-refractivity contribution in [2.75, 3.05) is 38.0 Å². The summed E-state index contributed by atoms with van der Waals surface area (Å²) in [5.41, 5.74) is 2.28. The van der Waals surface area contributed by atoms with Gasteiger partial charge in [0.2, 0.25) is 0 Å². The van der Waals surface area contributed by atoms with Gasteiger partial charge in [0.15, 0.2) is 0 Å². The Morgan fingerprint density at radius 2 is 1.70 bits per heavy atom. The zero-order chi connectivity index (χ0) is 26.4. The van der Waals surface area contributed by atoms with Crippen molar-refractivity contribution in [2.24, 2.45) is 0 Å². The summed E-state index contributed by atoms with van der Waals surface area (Å²) in [6.45, 7) is 8.19. The van der Waals surface area contributed by atoms with E-state index in [9.17, 15) is 13.2 Å². The topological polar surface area (TPSA) is 91.8 Å². The number of fused-ring (bicyclic) bond motifs is 1. The number of sulfonamides is 1. The van der Waals surface area contributed by atoms with Crippen LogP contribution < -0.4 is 4.72 Å². The highest BCUT2D eigenvalue weighted by molar-refractivity contribution is 7.93. The minimum Gasteiger partial charge on any atom is -0.495 e. The molecule has 0 atom stereocenters. The molecule has 8 nitrogen and oxygen atoms in total. The highest BCUT2D eigenvalue weighted by Gasteiger charge is 2.24. The van der Waals surface area contributed by atoms with Crippen LogP contribution in [0.3, 0.4) is 0 Å². The van der Waals surface area contributed by atoms with E-state index in [-0.39, 0.29) is 10.8 Å². The third kappa shape index (κ3) is 5.83. The van der Waals surface area contributed by atoms with E-state index in [0.717, 1.165) is 16.8 Å².